The first-order valence-corrected chi connectivity index (χ1v) is 9.18. The van der Waals surface area contributed by atoms with Crippen molar-refractivity contribution in [2.24, 2.45) is 0 Å². The highest BCUT2D eigenvalue weighted by atomic mass is 32.2. The molecule has 5 nitrogen and oxygen atoms in total. The third-order valence-electron chi connectivity index (χ3n) is 4.40. The molecule has 0 aromatic heterocycles. The van der Waals surface area contributed by atoms with E-state index in [9.17, 15) is 12.8 Å². The maximum Gasteiger partial charge on any atom is 0.282 e. The van der Waals surface area contributed by atoms with Gasteiger partial charge in [0.1, 0.15) is 5.82 Å². The normalized spacial score (nSPS) is 22.2. The molecule has 2 aliphatic rings. The average molecular weight is 327 g/mol. The van der Waals surface area contributed by atoms with Gasteiger partial charge in [-0.3, -0.25) is 4.90 Å². The standard InChI is InChI=1S/C15H22FN3O2S/c16-15-6-2-1-5-14(15)13-17-9-11-19(12-10-17)22(20,21)18-7-3-4-8-18/h1-2,5-6H,3-4,7-13H2. The van der Waals surface area contributed by atoms with Gasteiger partial charge in [0.25, 0.3) is 10.2 Å². The van der Waals surface area contributed by atoms with Crippen LogP contribution in [0.3, 0.4) is 0 Å². The first-order valence-electron chi connectivity index (χ1n) is 7.78. The lowest BCUT2D eigenvalue weighted by atomic mass is 10.2. The van der Waals surface area contributed by atoms with E-state index >= 15 is 0 Å². The zero-order valence-electron chi connectivity index (χ0n) is 12.6. The van der Waals surface area contributed by atoms with Gasteiger partial charge in [0.2, 0.25) is 0 Å². The smallest absolute Gasteiger partial charge is 0.282 e. The molecular formula is C15H22FN3O2S. The molecule has 0 spiro atoms. The molecule has 0 saturated carbocycles. The van der Waals surface area contributed by atoms with Crippen LogP contribution in [0.4, 0.5) is 4.39 Å². The highest BCUT2D eigenvalue weighted by Gasteiger charge is 2.33. The maximum absolute atomic E-state index is 13.7. The van der Waals surface area contributed by atoms with Crippen LogP contribution in [-0.2, 0) is 16.8 Å². The fourth-order valence-electron chi connectivity index (χ4n) is 3.07. The van der Waals surface area contributed by atoms with Crippen LogP contribution < -0.4 is 0 Å². The molecule has 0 N–H and O–H groups in total. The molecule has 1 aromatic carbocycles. The lowest BCUT2D eigenvalue weighted by molar-refractivity contribution is 0.174. The van der Waals surface area contributed by atoms with E-state index in [1.807, 2.05) is 6.07 Å². The minimum Gasteiger partial charge on any atom is -0.296 e. The second-order valence-electron chi connectivity index (χ2n) is 5.88. The van der Waals surface area contributed by atoms with Gasteiger partial charge >= 0.3 is 0 Å². The molecule has 7 heteroatoms. The summed E-state index contributed by atoms with van der Waals surface area (Å²) in [6.07, 6.45) is 1.90. The van der Waals surface area contributed by atoms with Crippen LogP contribution in [0, 0.1) is 5.82 Å². The van der Waals surface area contributed by atoms with Gasteiger partial charge in [0.05, 0.1) is 0 Å². The minimum absolute atomic E-state index is 0.199. The van der Waals surface area contributed by atoms with Crippen molar-refractivity contribution in [2.45, 2.75) is 19.4 Å². The van der Waals surface area contributed by atoms with Crippen molar-refractivity contribution in [1.82, 2.24) is 13.5 Å². The molecule has 0 aliphatic carbocycles. The van der Waals surface area contributed by atoms with Gasteiger partial charge in [-0.2, -0.15) is 17.0 Å². The fraction of sp³-hybridized carbons (Fsp3) is 0.600. The highest BCUT2D eigenvalue weighted by molar-refractivity contribution is 7.86. The Hall–Kier alpha value is -1.02. The van der Waals surface area contributed by atoms with Crippen LogP contribution in [0.25, 0.3) is 0 Å². The van der Waals surface area contributed by atoms with Crippen molar-refractivity contribution in [3.63, 3.8) is 0 Å². The Labute approximate surface area is 131 Å². The molecule has 0 atom stereocenters. The summed E-state index contributed by atoms with van der Waals surface area (Å²) < 4.78 is 41.8. The lowest BCUT2D eigenvalue weighted by Crippen LogP contribution is -2.52. The molecular weight excluding hydrogens is 305 g/mol. The van der Waals surface area contributed by atoms with E-state index in [1.54, 1.807) is 20.7 Å². The van der Waals surface area contributed by atoms with Crippen molar-refractivity contribution >= 4 is 10.2 Å². The topological polar surface area (TPSA) is 43.9 Å². The minimum atomic E-state index is -3.30. The summed E-state index contributed by atoms with van der Waals surface area (Å²) in [7, 11) is -3.30. The van der Waals surface area contributed by atoms with Crippen LogP contribution in [-0.4, -0.2) is 61.2 Å². The molecule has 122 valence electrons. The zero-order chi connectivity index (χ0) is 15.6. The van der Waals surface area contributed by atoms with Gasteiger partial charge in [-0.15, -0.1) is 0 Å². The Bertz CT molecular complexity index is 609. The van der Waals surface area contributed by atoms with Crippen molar-refractivity contribution in [3.8, 4) is 0 Å². The quantitative estimate of drug-likeness (QED) is 0.837. The van der Waals surface area contributed by atoms with Gasteiger partial charge in [-0.25, -0.2) is 4.39 Å². The third kappa shape index (κ3) is 3.32. The van der Waals surface area contributed by atoms with Gasteiger partial charge in [-0.1, -0.05) is 18.2 Å². The third-order valence-corrected chi connectivity index (χ3v) is 6.44. The van der Waals surface area contributed by atoms with Crippen molar-refractivity contribution in [3.05, 3.63) is 35.6 Å². The van der Waals surface area contributed by atoms with Crippen LogP contribution in [0.1, 0.15) is 18.4 Å². The van der Waals surface area contributed by atoms with Gasteiger partial charge < -0.3 is 0 Å². The molecule has 0 radical (unpaired) electrons. The second kappa shape index (κ2) is 6.62. The summed E-state index contributed by atoms with van der Waals surface area (Å²) in [6, 6.07) is 6.75. The lowest BCUT2D eigenvalue weighted by Gasteiger charge is -2.35. The van der Waals surface area contributed by atoms with Gasteiger partial charge in [-0.05, 0) is 18.9 Å². The Balaban J connectivity index is 1.57. The van der Waals surface area contributed by atoms with Crippen LogP contribution in [0.5, 0.6) is 0 Å². The molecule has 2 saturated heterocycles. The Kier molecular flexibility index (Phi) is 4.77. The summed E-state index contributed by atoms with van der Waals surface area (Å²) in [6.45, 7) is 4.04. The van der Waals surface area contributed by atoms with Gasteiger partial charge in [0.15, 0.2) is 0 Å². The summed E-state index contributed by atoms with van der Waals surface area (Å²) in [5, 5.41) is 0. The van der Waals surface area contributed by atoms with E-state index < -0.39 is 10.2 Å². The molecule has 0 amide bonds. The Morgan fingerprint density at radius 2 is 1.50 bits per heavy atom. The first-order chi connectivity index (χ1) is 10.6. The predicted molar refractivity (Wildman–Crippen MR) is 83.0 cm³/mol. The average Bonchev–Trinajstić information content (AvgIpc) is 3.05. The predicted octanol–water partition coefficient (Wildman–Crippen LogP) is 1.28. The molecule has 3 rings (SSSR count). The van der Waals surface area contributed by atoms with E-state index in [0.29, 0.717) is 51.4 Å². The van der Waals surface area contributed by atoms with E-state index in [0.717, 1.165) is 12.8 Å². The molecule has 2 heterocycles. The largest absolute Gasteiger partial charge is 0.296 e. The Morgan fingerprint density at radius 3 is 2.14 bits per heavy atom. The van der Waals surface area contributed by atoms with Crippen LogP contribution in [0.15, 0.2) is 24.3 Å². The first kappa shape index (κ1) is 15.9. The number of nitrogens with zero attached hydrogens (tertiary/aromatic N) is 3. The van der Waals surface area contributed by atoms with E-state index in [1.165, 1.54) is 6.07 Å². The SMILES string of the molecule is O=S(=O)(N1CCCC1)N1CCN(Cc2ccccc2F)CC1. The van der Waals surface area contributed by atoms with Gasteiger partial charge in [0, 0.05) is 51.4 Å². The number of rotatable bonds is 4. The summed E-state index contributed by atoms with van der Waals surface area (Å²) in [5.74, 6) is -0.199. The zero-order valence-corrected chi connectivity index (χ0v) is 13.4. The number of halogens is 1. The number of piperazine rings is 1. The van der Waals surface area contributed by atoms with E-state index in [-0.39, 0.29) is 5.82 Å². The molecule has 0 bridgehead atoms. The molecule has 0 unspecified atom stereocenters. The number of hydrogen-bond donors (Lipinski definition) is 0. The van der Waals surface area contributed by atoms with Crippen molar-refractivity contribution in [2.75, 3.05) is 39.3 Å². The number of hydrogen-bond acceptors (Lipinski definition) is 3. The van der Waals surface area contributed by atoms with E-state index in [2.05, 4.69) is 4.90 Å². The monoisotopic (exact) mass is 327 g/mol. The molecule has 2 fully saturated rings. The maximum atomic E-state index is 13.7. The summed E-state index contributed by atoms with van der Waals surface area (Å²) in [4.78, 5) is 2.11. The second-order valence-corrected chi connectivity index (χ2v) is 7.81. The summed E-state index contributed by atoms with van der Waals surface area (Å²) in [5.41, 5.74) is 0.665. The Morgan fingerprint density at radius 1 is 0.909 bits per heavy atom. The van der Waals surface area contributed by atoms with E-state index in [4.69, 9.17) is 0 Å². The fourth-order valence-corrected chi connectivity index (χ4v) is 4.74. The summed E-state index contributed by atoms with van der Waals surface area (Å²) >= 11 is 0. The number of benzene rings is 1. The molecule has 1 aromatic rings. The van der Waals surface area contributed by atoms with Crippen molar-refractivity contribution in [1.29, 1.82) is 0 Å². The molecule has 22 heavy (non-hydrogen) atoms. The van der Waals surface area contributed by atoms with Crippen molar-refractivity contribution < 1.29 is 12.8 Å². The molecule has 2 aliphatic heterocycles. The van der Waals surface area contributed by atoms with Crippen LogP contribution in [0.2, 0.25) is 0 Å². The highest BCUT2D eigenvalue weighted by Crippen LogP contribution is 2.19. The van der Waals surface area contributed by atoms with Crippen LogP contribution >= 0.6 is 0 Å².